The second-order valence-corrected chi connectivity index (χ2v) is 35.9. The van der Waals surface area contributed by atoms with Crippen LogP contribution in [0.15, 0.2) is 268 Å². The Hall–Kier alpha value is -13.4. The summed E-state index contributed by atoms with van der Waals surface area (Å²) in [4.78, 5) is 52.4. The van der Waals surface area contributed by atoms with Crippen LogP contribution in [0.2, 0.25) is 15.1 Å². The van der Waals surface area contributed by atoms with Gasteiger partial charge in [-0.2, -0.15) is 8.78 Å². The van der Waals surface area contributed by atoms with Crippen LogP contribution in [0.4, 0.5) is 72.3 Å². The second kappa shape index (κ2) is 48.5. The van der Waals surface area contributed by atoms with Crippen molar-refractivity contribution in [3.63, 3.8) is 0 Å². The molecular weight excluding hydrogens is 2010 g/mol. The summed E-state index contributed by atoms with van der Waals surface area (Å²) in [5, 5.41) is 86.9. The first kappa shape index (κ1) is 107. The van der Waals surface area contributed by atoms with Crippen molar-refractivity contribution in [2.45, 2.75) is 40.4 Å². The minimum absolute atomic E-state index is 0.0373. The number of nitrogens with one attached hydrogen (secondary N) is 3. The Morgan fingerprint density at radius 3 is 1.06 bits per heavy atom. The van der Waals surface area contributed by atoms with Crippen molar-refractivity contribution < 1.29 is 129 Å². The monoisotopic (exact) mass is 2070 g/mol. The normalized spacial score (nSPS) is 11.9. The van der Waals surface area contributed by atoms with Crippen LogP contribution in [-0.2, 0) is 29.1 Å². The molecule has 13 aromatic carbocycles. The van der Waals surface area contributed by atoms with Crippen molar-refractivity contribution in [1.82, 2.24) is 10.2 Å². The molecule has 0 aromatic heterocycles. The van der Waals surface area contributed by atoms with Crippen LogP contribution in [-0.4, -0.2) is 127 Å². The van der Waals surface area contributed by atoms with E-state index in [2.05, 4.69) is 21.2 Å². The number of carbonyl (C=O) groups excluding carboxylic acids is 1. The number of nitro benzene ring substituents is 2. The van der Waals surface area contributed by atoms with E-state index in [-0.39, 0.29) is 43.0 Å². The fourth-order valence-corrected chi connectivity index (χ4v) is 16.5. The zero-order valence-corrected chi connectivity index (χ0v) is 75.7. The van der Waals surface area contributed by atoms with Crippen LogP contribution in [0.25, 0.3) is 44.5 Å². The van der Waals surface area contributed by atoms with Gasteiger partial charge in [0.1, 0.15) is 14.7 Å². The number of rotatable bonds is 17. The van der Waals surface area contributed by atoms with Crippen LogP contribution in [0.1, 0.15) is 56.8 Å². The number of amides is 1. The maximum Gasteiger partial charge on any atom is 0.488 e. The Bertz CT molecular complexity index is 6860. The number of nitrogens with zero attached hydrogens (tertiary/aromatic N) is 3. The molecule has 0 saturated carbocycles. The third-order valence-electron chi connectivity index (χ3n) is 18.5. The Balaban J connectivity index is 0.000000199. The highest BCUT2D eigenvalue weighted by Crippen LogP contribution is 2.40. The van der Waals surface area contributed by atoms with E-state index in [9.17, 15) is 119 Å². The molecule has 2 aliphatic rings. The van der Waals surface area contributed by atoms with Gasteiger partial charge in [0.15, 0.2) is 63.8 Å². The SMILES string of the molecule is C1CCNC1.Nc1cc(-c2ccccc2)cc(F)c1F.O=C(O)c1cc(Cl)c(O)c(S(=O)(=O)Cl)c1.O=C(O)c1cc(Cl)c(O)c(S(=O)(=O)Nc2cc(-c3ccccc3)cc(F)c2F)c1.O=C(c1cc(Cl)c(O)c(S(=O)(=O)Nc2cc(-c3ccccc3)cc(F)c2F)c1)N1CCCC1.O=[N+]([O-])c1cc(-c2ccccc2)cc(F)c1F.O=[N+]([O-])c1cc(Br)cc(F)c1F.OB(O)c1ccccc1. The highest BCUT2D eigenvalue weighted by atomic mass is 79.9. The summed E-state index contributed by atoms with van der Waals surface area (Å²) < 4.78 is 212. The van der Waals surface area contributed by atoms with Crippen molar-refractivity contribution >= 4 is 149 Å². The van der Waals surface area contributed by atoms with Gasteiger partial charge in [0, 0.05) is 45.9 Å². The largest absolute Gasteiger partial charge is 0.505 e. The molecule has 0 bridgehead atoms. The number of benzene rings is 13. The molecule has 12 N–H and O–H groups in total. The van der Waals surface area contributed by atoms with Crippen LogP contribution >= 0.6 is 61.4 Å². The smallest absolute Gasteiger partial charge is 0.488 e. The molecule has 27 nitrogen and oxygen atoms in total. The molecule has 0 aliphatic carbocycles. The van der Waals surface area contributed by atoms with Crippen LogP contribution in [0, 0.1) is 78.4 Å². The quantitative estimate of drug-likeness (QED) is 0.00767. The molecule has 2 aliphatic heterocycles. The first-order valence-corrected chi connectivity index (χ1v) is 45.6. The fourth-order valence-electron chi connectivity index (χ4n) is 11.9. The summed E-state index contributed by atoms with van der Waals surface area (Å²) in [6.07, 6.45) is 4.43. The van der Waals surface area contributed by atoms with E-state index < -0.39 is 192 Å². The van der Waals surface area contributed by atoms with E-state index in [0.717, 1.165) is 97.3 Å². The molecule has 2 saturated heterocycles. The van der Waals surface area contributed by atoms with E-state index in [1.54, 1.807) is 120 Å². The van der Waals surface area contributed by atoms with Crippen LogP contribution < -0.4 is 26.0 Å². The minimum atomic E-state index is -4.72. The zero-order valence-electron chi connectivity index (χ0n) is 68.7. The van der Waals surface area contributed by atoms with Gasteiger partial charge in [-0.1, -0.05) is 202 Å². The first-order valence-electron chi connectivity index (χ1n) is 38.4. The van der Waals surface area contributed by atoms with Gasteiger partial charge in [-0.3, -0.25) is 34.5 Å². The van der Waals surface area contributed by atoms with Crippen LogP contribution in [0.5, 0.6) is 17.2 Å². The Morgan fingerprint density at radius 1 is 0.415 bits per heavy atom. The van der Waals surface area contributed by atoms with Crippen molar-refractivity contribution in [1.29, 1.82) is 0 Å². The lowest BCUT2D eigenvalue weighted by molar-refractivity contribution is -0.387. The number of hydrogen-bond donors (Lipinski definition) is 11. The number of hydrogen-bond acceptors (Lipinski definition) is 20. The second-order valence-electron chi connectivity index (χ2n) is 27.9. The van der Waals surface area contributed by atoms with Gasteiger partial charge in [-0.05, 0) is 174 Å². The van der Waals surface area contributed by atoms with Crippen molar-refractivity contribution in [3.05, 3.63) is 363 Å². The summed E-state index contributed by atoms with van der Waals surface area (Å²) in [5.74, 6) is -18.5. The minimum Gasteiger partial charge on any atom is -0.505 e. The van der Waals surface area contributed by atoms with Crippen molar-refractivity contribution in [2.24, 2.45) is 0 Å². The summed E-state index contributed by atoms with van der Waals surface area (Å²) in [7, 11) is -9.97. The number of nitrogens with two attached hydrogens (primary N) is 1. The van der Waals surface area contributed by atoms with Gasteiger partial charge in [-0.25, -0.2) is 70.0 Å². The third-order valence-corrected chi connectivity index (χ3v) is 23.9. The lowest BCUT2D eigenvalue weighted by Gasteiger charge is -2.17. The Labute approximate surface area is 790 Å². The molecule has 0 radical (unpaired) electrons. The molecule has 0 spiro atoms. The van der Waals surface area contributed by atoms with Gasteiger partial charge >= 0.3 is 30.4 Å². The number of carboxylic acid groups (broad SMARTS) is 2. The summed E-state index contributed by atoms with van der Waals surface area (Å²) in [6.45, 7) is 3.54. The predicted octanol–water partition coefficient (Wildman–Crippen LogP) is 20.3. The average molecular weight is 2080 g/mol. The molecular formula is C89H69BBrCl4F10N7O20S3. The number of nitrogen functional groups attached to an aromatic ring is 1. The number of sulfonamides is 2. The topological polar surface area (TPSA) is 447 Å². The van der Waals surface area contributed by atoms with Crippen molar-refractivity contribution in [2.75, 3.05) is 41.4 Å². The van der Waals surface area contributed by atoms with Gasteiger partial charge in [0.25, 0.3) is 35.0 Å². The fraction of sp³-hybridized carbons (Fsp3) is 0.0899. The number of nitro groups is 2. The number of halogens is 15. The summed E-state index contributed by atoms with van der Waals surface area (Å²) in [6, 6.07) is 58.7. The van der Waals surface area contributed by atoms with Gasteiger partial charge in [0.05, 0.1) is 53.1 Å². The van der Waals surface area contributed by atoms with E-state index in [0.29, 0.717) is 46.9 Å². The molecule has 15 rings (SSSR count). The van der Waals surface area contributed by atoms with E-state index in [1.807, 2.05) is 45.8 Å². The number of aromatic carboxylic acids is 2. The maximum absolute atomic E-state index is 14.5. The number of phenolic OH excluding ortho intramolecular Hbond substituents is 3. The summed E-state index contributed by atoms with van der Waals surface area (Å²) in [5.41, 5.74) is 5.40. The molecule has 2 fully saturated rings. The molecule has 1 amide bonds. The summed E-state index contributed by atoms with van der Waals surface area (Å²) >= 11 is 19.9. The van der Waals surface area contributed by atoms with Crippen LogP contribution in [0.3, 0.4) is 0 Å². The number of aromatic hydroxyl groups is 3. The van der Waals surface area contributed by atoms with E-state index >= 15 is 0 Å². The maximum atomic E-state index is 14.5. The highest BCUT2D eigenvalue weighted by molar-refractivity contribution is 9.10. The molecule has 135 heavy (non-hydrogen) atoms. The van der Waals surface area contributed by atoms with Gasteiger partial charge in [0.2, 0.25) is 11.6 Å². The molecule has 0 atom stereocenters. The van der Waals surface area contributed by atoms with E-state index in [4.69, 9.17) is 71.5 Å². The standard InChI is InChI=1S/C23H19ClF2N2O4S.C19H12ClF2NO5S.C12H7F2NO2.C12H9F2N.C7H4Cl2O5S.C6H7BO2.C6H2BrF2NO2.C4H9N/c24-17-10-16(23(30)28-8-4-5-9-28)13-20(22(17)29)33(31,32)27-19-12-15(11-18(25)21(19)26)14-6-2-1-3-7-14;20-13-6-12(19(25)26)9-16(18(13)24)29(27,28)23-15-8-11(7-14(21)17(15)22)10-4-2-1-3-5-10;13-10-6-9(8-4-2-1-3-5-8)7-11(12(10)14)15(16)17;13-10-6-9(7-11(15)12(10)14)8-4-2-1-3-5-8;8-4-1-3(7(11)12)2-5(6(4)10)15(9,13)14;8-7(9)6-4-2-1-3-5-6;7-3-1-4(8)6(9)5(2-3)10(11)12;1-2-4-5-3-1/h1-3,6-7,10-13,27,29H,4-5,8-9H2;1-9,23-24H,(H,25,26);1-7H;1-7H,15H2;1-2,10H,(H,11,12);1-5,8-9H;1-2H;5H,1-4H2. The molecule has 13 aromatic rings. The molecule has 706 valence electrons. The third kappa shape index (κ3) is 29.8. The van der Waals surface area contributed by atoms with E-state index in [1.165, 1.54) is 38.1 Å². The Kier molecular flexibility index (Phi) is 38.4. The number of carbonyl (C=O) groups is 3. The van der Waals surface area contributed by atoms with Gasteiger partial charge < -0.3 is 51.5 Å². The van der Waals surface area contributed by atoms with Crippen molar-refractivity contribution in [3.8, 4) is 61.8 Å². The number of phenols is 3. The number of likely N-dealkylation sites (tertiary alicyclic amines) is 1. The Morgan fingerprint density at radius 2 is 0.726 bits per heavy atom. The number of carboxylic acids is 2. The lowest BCUT2D eigenvalue weighted by atomic mass is 9.81. The zero-order chi connectivity index (χ0) is 99.7. The molecule has 2 heterocycles. The lowest BCUT2D eigenvalue weighted by Crippen LogP contribution is -2.29. The predicted molar refractivity (Wildman–Crippen MR) is 490 cm³/mol. The first-order chi connectivity index (χ1) is 63.6. The molecule has 0 unspecified atom stereocenters. The number of anilines is 3. The average Bonchev–Trinajstić information content (AvgIpc) is 1.05. The molecule has 46 heteroatoms. The van der Waals surface area contributed by atoms with Gasteiger partial charge in [-0.15, -0.1) is 0 Å². The highest BCUT2D eigenvalue weighted by Gasteiger charge is 2.31.